The third-order valence-electron chi connectivity index (χ3n) is 2.15. The van der Waals surface area contributed by atoms with Crippen LogP contribution in [0.15, 0.2) is 0 Å². The zero-order chi connectivity index (χ0) is 9.57. The average Bonchev–Trinajstić information content (AvgIpc) is 2.54. The molecule has 0 saturated carbocycles. The number of carbonyl (C=O) groups excluding carboxylic acids is 1. The summed E-state index contributed by atoms with van der Waals surface area (Å²) < 4.78 is 14.6. The van der Waals surface area contributed by atoms with E-state index in [2.05, 4.69) is 4.74 Å². The van der Waals surface area contributed by atoms with Crippen LogP contribution in [0.3, 0.4) is 0 Å². The van der Waals surface area contributed by atoms with Crippen molar-refractivity contribution < 1.29 is 19.0 Å². The molecule has 1 spiro atoms. The van der Waals surface area contributed by atoms with Crippen molar-refractivity contribution in [3.05, 3.63) is 0 Å². The van der Waals surface area contributed by atoms with Gasteiger partial charge in [0.05, 0.1) is 19.8 Å². The molecule has 2 aliphatic rings. The summed E-state index contributed by atoms with van der Waals surface area (Å²) in [5.74, 6) is 0. The van der Waals surface area contributed by atoms with E-state index in [1.807, 2.05) is 0 Å². The van der Waals surface area contributed by atoms with Gasteiger partial charge in [0, 0.05) is 6.61 Å². The molecule has 2 heterocycles. The van der Waals surface area contributed by atoms with Gasteiger partial charge in [-0.2, -0.15) is 0 Å². The van der Waals surface area contributed by atoms with Gasteiger partial charge >= 0.3 is 0 Å². The highest BCUT2D eigenvalue weighted by Crippen LogP contribution is 2.32. The molecule has 0 N–H and O–H groups in total. The molecular weight excluding hydrogens is 172 g/mol. The van der Waals surface area contributed by atoms with E-state index in [-0.39, 0.29) is 5.60 Å². The fraction of sp³-hybridized carbons (Fsp3) is 0.889. The molecule has 0 aliphatic carbocycles. The summed E-state index contributed by atoms with van der Waals surface area (Å²) in [5.41, 5.74) is 0.194. The normalized spacial score (nSPS) is 22.8. The molecule has 2 rings (SSSR count). The Kier molecular flexibility index (Phi) is 4.18. The Morgan fingerprint density at radius 1 is 1.54 bits per heavy atom. The number of hydrogen-bond donors (Lipinski definition) is 0. The standard InChI is InChI=1S/C6H10O2.C3H6O2/c1-2-6(8-3-1)4-7-5-6;1-2-5-3-4/h1-5H2;3H,2H2,1H3. The second-order valence-corrected chi connectivity index (χ2v) is 3.18. The maximum atomic E-state index is 9.18. The van der Waals surface area contributed by atoms with E-state index in [0.717, 1.165) is 19.8 Å². The highest BCUT2D eigenvalue weighted by Gasteiger charge is 2.42. The smallest absolute Gasteiger partial charge is 0.293 e. The second kappa shape index (κ2) is 5.19. The summed E-state index contributed by atoms with van der Waals surface area (Å²) >= 11 is 0. The van der Waals surface area contributed by atoms with Crippen molar-refractivity contribution in [2.45, 2.75) is 25.4 Å². The van der Waals surface area contributed by atoms with E-state index in [9.17, 15) is 4.79 Å². The van der Waals surface area contributed by atoms with Gasteiger partial charge in [-0.15, -0.1) is 0 Å². The van der Waals surface area contributed by atoms with E-state index in [0.29, 0.717) is 13.1 Å². The van der Waals surface area contributed by atoms with Crippen LogP contribution in [-0.4, -0.2) is 38.5 Å². The van der Waals surface area contributed by atoms with E-state index >= 15 is 0 Å². The summed E-state index contributed by atoms with van der Waals surface area (Å²) in [7, 11) is 0. The van der Waals surface area contributed by atoms with E-state index < -0.39 is 0 Å². The predicted molar refractivity (Wildman–Crippen MR) is 46.4 cm³/mol. The van der Waals surface area contributed by atoms with Crippen LogP contribution >= 0.6 is 0 Å². The summed E-state index contributed by atoms with van der Waals surface area (Å²) in [5, 5.41) is 0. The quantitative estimate of drug-likeness (QED) is 0.600. The Hall–Kier alpha value is -0.610. The molecule has 0 aromatic heterocycles. The van der Waals surface area contributed by atoms with Gasteiger partial charge < -0.3 is 14.2 Å². The van der Waals surface area contributed by atoms with Gasteiger partial charge in [-0.25, -0.2) is 0 Å². The van der Waals surface area contributed by atoms with Crippen LogP contribution in [0.4, 0.5) is 0 Å². The molecule has 2 fully saturated rings. The van der Waals surface area contributed by atoms with Crippen LogP contribution in [0.2, 0.25) is 0 Å². The lowest BCUT2D eigenvalue weighted by Gasteiger charge is -2.36. The SMILES string of the molecule is C1COC2(C1)COC2.CCOC=O. The lowest BCUT2D eigenvalue weighted by atomic mass is 9.99. The van der Waals surface area contributed by atoms with Crippen molar-refractivity contribution >= 4 is 6.47 Å². The molecule has 13 heavy (non-hydrogen) atoms. The predicted octanol–water partition coefficient (Wildman–Crippen LogP) is 0.745. The number of hydrogen-bond acceptors (Lipinski definition) is 4. The molecule has 0 unspecified atom stereocenters. The molecule has 76 valence electrons. The zero-order valence-electron chi connectivity index (χ0n) is 7.95. The average molecular weight is 188 g/mol. The summed E-state index contributed by atoms with van der Waals surface area (Å²) in [4.78, 5) is 9.18. The summed E-state index contributed by atoms with van der Waals surface area (Å²) in [6.45, 7) is 5.29. The minimum atomic E-state index is 0.194. The van der Waals surface area contributed by atoms with Gasteiger partial charge in [0.1, 0.15) is 5.60 Å². The van der Waals surface area contributed by atoms with Crippen molar-refractivity contribution in [2.75, 3.05) is 26.4 Å². The lowest BCUT2D eigenvalue weighted by Crippen LogP contribution is -2.48. The number of carbonyl (C=O) groups is 1. The molecule has 0 aromatic rings. The van der Waals surface area contributed by atoms with Crippen LogP contribution in [0.1, 0.15) is 19.8 Å². The molecule has 2 aliphatic heterocycles. The molecule has 0 amide bonds. The van der Waals surface area contributed by atoms with Crippen molar-refractivity contribution in [1.82, 2.24) is 0 Å². The minimum Gasteiger partial charge on any atom is -0.468 e. The Balaban J connectivity index is 0.000000149. The van der Waals surface area contributed by atoms with Crippen LogP contribution in [0.5, 0.6) is 0 Å². The number of rotatable bonds is 2. The second-order valence-electron chi connectivity index (χ2n) is 3.18. The highest BCUT2D eigenvalue weighted by atomic mass is 16.6. The first-order valence-electron chi connectivity index (χ1n) is 4.60. The molecular formula is C9H16O4. The van der Waals surface area contributed by atoms with Crippen molar-refractivity contribution in [3.8, 4) is 0 Å². The molecule has 0 atom stereocenters. The van der Waals surface area contributed by atoms with Crippen LogP contribution < -0.4 is 0 Å². The van der Waals surface area contributed by atoms with Gasteiger partial charge in [-0.05, 0) is 19.8 Å². The molecule has 0 aromatic carbocycles. The van der Waals surface area contributed by atoms with Crippen molar-refractivity contribution in [1.29, 1.82) is 0 Å². The lowest BCUT2D eigenvalue weighted by molar-refractivity contribution is -0.184. The van der Waals surface area contributed by atoms with Gasteiger partial charge in [-0.1, -0.05) is 0 Å². The third kappa shape index (κ3) is 2.97. The maximum Gasteiger partial charge on any atom is 0.293 e. The fourth-order valence-electron chi connectivity index (χ4n) is 1.38. The van der Waals surface area contributed by atoms with Gasteiger partial charge in [0.2, 0.25) is 0 Å². The molecule has 2 saturated heterocycles. The summed E-state index contributed by atoms with van der Waals surface area (Å²) in [6, 6.07) is 0. The fourth-order valence-corrected chi connectivity index (χ4v) is 1.38. The van der Waals surface area contributed by atoms with Crippen LogP contribution in [0, 0.1) is 0 Å². The van der Waals surface area contributed by atoms with Crippen molar-refractivity contribution in [3.63, 3.8) is 0 Å². The Morgan fingerprint density at radius 3 is 2.46 bits per heavy atom. The third-order valence-corrected chi connectivity index (χ3v) is 2.15. The monoisotopic (exact) mass is 188 g/mol. The highest BCUT2D eigenvalue weighted by molar-refractivity contribution is 5.36. The zero-order valence-corrected chi connectivity index (χ0v) is 7.95. The molecule has 0 radical (unpaired) electrons. The molecule has 0 bridgehead atoms. The maximum absolute atomic E-state index is 9.18. The van der Waals surface area contributed by atoms with Gasteiger partial charge in [-0.3, -0.25) is 4.79 Å². The Bertz CT molecular complexity index is 146. The first-order chi connectivity index (χ1) is 6.33. The van der Waals surface area contributed by atoms with Crippen molar-refractivity contribution in [2.24, 2.45) is 0 Å². The number of ether oxygens (including phenoxy) is 3. The van der Waals surface area contributed by atoms with Gasteiger partial charge in [0.15, 0.2) is 0 Å². The first kappa shape index (κ1) is 10.5. The Labute approximate surface area is 78.2 Å². The van der Waals surface area contributed by atoms with E-state index in [1.54, 1.807) is 6.92 Å². The topological polar surface area (TPSA) is 44.8 Å². The minimum absolute atomic E-state index is 0.194. The Morgan fingerprint density at radius 2 is 2.31 bits per heavy atom. The van der Waals surface area contributed by atoms with Gasteiger partial charge in [0.25, 0.3) is 6.47 Å². The largest absolute Gasteiger partial charge is 0.468 e. The van der Waals surface area contributed by atoms with Crippen LogP contribution in [0.25, 0.3) is 0 Å². The first-order valence-corrected chi connectivity index (χ1v) is 4.60. The molecule has 4 heteroatoms. The van der Waals surface area contributed by atoms with E-state index in [4.69, 9.17) is 9.47 Å². The van der Waals surface area contributed by atoms with Crippen LogP contribution in [-0.2, 0) is 19.0 Å². The summed E-state index contributed by atoms with van der Waals surface area (Å²) in [6.07, 6.45) is 2.44. The molecule has 4 nitrogen and oxygen atoms in total. The van der Waals surface area contributed by atoms with E-state index in [1.165, 1.54) is 12.8 Å².